The number of rotatable bonds is 3. The average Bonchev–Trinajstić information content (AvgIpc) is 2.21. The Hall–Kier alpha value is -1.51. The van der Waals surface area contributed by atoms with Gasteiger partial charge >= 0.3 is 0 Å². The molecule has 0 fully saturated rings. The summed E-state index contributed by atoms with van der Waals surface area (Å²) in [7, 11) is 1.48. The predicted molar refractivity (Wildman–Crippen MR) is 62.5 cm³/mol. The number of aliphatic hydroxyl groups excluding tert-OH is 1. The van der Waals surface area contributed by atoms with E-state index in [9.17, 15) is 9.50 Å². The van der Waals surface area contributed by atoms with Gasteiger partial charge in [0.2, 0.25) is 0 Å². The van der Waals surface area contributed by atoms with E-state index in [4.69, 9.17) is 4.74 Å². The lowest BCUT2D eigenvalue weighted by molar-refractivity contribution is 0.307. The molecule has 0 unspecified atom stereocenters. The third kappa shape index (κ3) is 1.90. The fourth-order valence-electron chi connectivity index (χ4n) is 1.56. The van der Waals surface area contributed by atoms with Crippen molar-refractivity contribution in [3.63, 3.8) is 0 Å². The molecule has 0 bridgehead atoms. The molecule has 0 radical (unpaired) electrons. The van der Waals surface area contributed by atoms with Crippen LogP contribution in [0.3, 0.4) is 0 Å². The van der Waals surface area contributed by atoms with Gasteiger partial charge in [0.1, 0.15) is 11.6 Å². The maximum absolute atomic E-state index is 14.1. The second-order valence-corrected chi connectivity index (χ2v) is 4.35. The molecular formula is C13H17FO2. The van der Waals surface area contributed by atoms with Crippen LogP contribution in [0.1, 0.15) is 25.0 Å². The van der Waals surface area contributed by atoms with Crippen molar-refractivity contribution >= 4 is 0 Å². The van der Waals surface area contributed by atoms with Gasteiger partial charge in [-0.1, -0.05) is 12.6 Å². The number of methoxy groups -OCH3 is 1. The molecule has 0 saturated heterocycles. The first kappa shape index (κ1) is 12.6. The van der Waals surface area contributed by atoms with Crippen molar-refractivity contribution < 1.29 is 14.2 Å². The molecule has 0 aliphatic carbocycles. The maximum Gasteiger partial charge on any atom is 0.134 e. The van der Waals surface area contributed by atoms with Crippen molar-refractivity contribution in [2.24, 2.45) is 0 Å². The van der Waals surface area contributed by atoms with Gasteiger partial charge in [0.05, 0.1) is 18.3 Å². The summed E-state index contributed by atoms with van der Waals surface area (Å²) < 4.78 is 19.2. The van der Waals surface area contributed by atoms with E-state index in [-0.39, 0.29) is 11.6 Å². The van der Waals surface area contributed by atoms with E-state index < -0.39 is 5.41 Å². The normalized spacial score (nSPS) is 11.3. The van der Waals surface area contributed by atoms with Gasteiger partial charge in [-0.15, -0.1) is 0 Å². The molecular weight excluding hydrogens is 207 g/mol. The van der Waals surface area contributed by atoms with Gasteiger partial charge in [0, 0.05) is 5.56 Å². The van der Waals surface area contributed by atoms with Gasteiger partial charge in [-0.3, -0.25) is 0 Å². The Labute approximate surface area is 95.4 Å². The number of hydrogen-bond donors (Lipinski definition) is 1. The first-order valence-electron chi connectivity index (χ1n) is 5.04. The SMILES string of the molecule is C=C(O)C(C)(C)c1c(OC)ccc(C)c1F. The summed E-state index contributed by atoms with van der Waals surface area (Å²) in [5, 5.41) is 9.55. The molecule has 88 valence electrons. The smallest absolute Gasteiger partial charge is 0.134 e. The molecule has 0 aliphatic heterocycles. The lowest BCUT2D eigenvalue weighted by atomic mass is 9.81. The molecule has 1 aromatic rings. The highest BCUT2D eigenvalue weighted by Crippen LogP contribution is 2.38. The fraction of sp³-hybridized carbons (Fsp3) is 0.385. The van der Waals surface area contributed by atoms with Crippen molar-refractivity contribution in [1.29, 1.82) is 0 Å². The van der Waals surface area contributed by atoms with Crippen molar-refractivity contribution in [1.82, 2.24) is 0 Å². The minimum absolute atomic E-state index is 0.0877. The molecule has 0 heterocycles. The van der Waals surface area contributed by atoms with E-state index in [1.165, 1.54) is 7.11 Å². The highest BCUT2D eigenvalue weighted by molar-refractivity contribution is 5.46. The van der Waals surface area contributed by atoms with Crippen molar-refractivity contribution in [2.75, 3.05) is 7.11 Å². The van der Waals surface area contributed by atoms with Crippen LogP contribution in [-0.2, 0) is 5.41 Å². The van der Waals surface area contributed by atoms with E-state index in [0.29, 0.717) is 16.9 Å². The third-order valence-electron chi connectivity index (χ3n) is 2.86. The molecule has 0 aromatic heterocycles. The number of aryl methyl sites for hydroxylation is 1. The van der Waals surface area contributed by atoms with Gasteiger partial charge in [-0.05, 0) is 32.4 Å². The Morgan fingerprint density at radius 3 is 2.44 bits per heavy atom. The van der Waals surface area contributed by atoms with Crippen molar-refractivity contribution in [2.45, 2.75) is 26.2 Å². The van der Waals surface area contributed by atoms with E-state index in [0.717, 1.165) is 0 Å². The quantitative estimate of drug-likeness (QED) is 0.796. The van der Waals surface area contributed by atoms with E-state index in [1.54, 1.807) is 32.9 Å². The van der Waals surface area contributed by atoms with E-state index in [1.807, 2.05) is 0 Å². The highest BCUT2D eigenvalue weighted by Gasteiger charge is 2.31. The van der Waals surface area contributed by atoms with Gasteiger partial charge in [-0.25, -0.2) is 4.39 Å². The molecule has 1 rings (SSSR count). The standard InChI is InChI=1S/C13H17FO2/c1-8-6-7-10(16-5)11(12(8)14)13(3,4)9(2)15/h6-7,15H,2H2,1,3-5H3. The molecule has 0 aliphatic rings. The Bertz CT molecular complexity index is 422. The topological polar surface area (TPSA) is 29.5 Å². The van der Waals surface area contributed by atoms with Crippen LogP contribution in [-0.4, -0.2) is 12.2 Å². The van der Waals surface area contributed by atoms with E-state index in [2.05, 4.69) is 6.58 Å². The summed E-state index contributed by atoms with van der Waals surface area (Å²) in [5.41, 5.74) is -0.0193. The average molecular weight is 224 g/mol. The number of benzene rings is 1. The van der Waals surface area contributed by atoms with Crippen LogP contribution in [0.25, 0.3) is 0 Å². The van der Waals surface area contributed by atoms with Crippen molar-refractivity contribution in [3.05, 3.63) is 41.4 Å². The molecule has 0 atom stereocenters. The van der Waals surface area contributed by atoms with Crippen molar-refractivity contribution in [3.8, 4) is 5.75 Å². The second kappa shape index (κ2) is 4.16. The molecule has 3 heteroatoms. The molecule has 2 nitrogen and oxygen atoms in total. The summed E-state index contributed by atoms with van der Waals surface area (Å²) >= 11 is 0. The molecule has 1 N–H and O–H groups in total. The first-order chi connectivity index (χ1) is 7.32. The number of halogens is 1. The highest BCUT2D eigenvalue weighted by atomic mass is 19.1. The van der Waals surface area contributed by atoms with Gasteiger partial charge in [0.15, 0.2) is 0 Å². The largest absolute Gasteiger partial charge is 0.512 e. The number of hydrogen-bond acceptors (Lipinski definition) is 2. The Balaban J connectivity index is 3.52. The molecule has 0 amide bonds. The molecule has 0 saturated carbocycles. The van der Waals surface area contributed by atoms with Gasteiger partial charge in [-0.2, -0.15) is 0 Å². The zero-order chi connectivity index (χ0) is 12.5. The third-order valence-corrected chi connectivity index (χ3v) is 2.86. The Morgan fingerprint density at radius 2 is 2.00 bits per heavy atom. The maximum atomic E-state index is 14.1. The fourth-order valence-corrected chi connectivity index (χ4v) is 1.56. The molecule has 1 aromatic carbocycles. The summed E-state index contributed by atoms with van der Waals surface area (Å²) in [6, 6.07) is 3.34. The monoisotopic (exact) mass is 224 g/mol. The second-order valence-electron chi connectivity index (χ2n) is 4.35. The predicted octanol–water partition coefficient (Wildman–Crippen LogP) is 3.49. The van der Waals surface area contributed by atoms with Crippen LogP contribution in [0.15, 0.2) is 24.5 Å². The summed E-state index contributed by atoms with van der Waals surface area (Å²) in [6.07, 6.45) is 0. The number of allylic oxidation sites excluding steroid dienone is 1. The van der Waals surface area contributed by atoms with E-state index >= 15 is 0 Å². The zero-order valence-corrected chi connectivity index (χ0v) is 10.1. The van der Waals surface area contributed by atoms with Crippen LogP contribution in [0.2, 0.25) is 0 Å². The minimum Gasteiger partial charge on any atom is -0.512 e. The summed E-state index contributed by atoms with van der Waals surface area (Å²) in [5.74, 6) is -0.0295. The molecule has 0 spiro atoms. The van der Waals surface area contributed by atoms with Crippen LogP contribution < -0.4 is 4.74 Å². The lowest BCUT2D eigenvalue weighted by Gasteiger charge is -2.27. The van der Waals surface area contributed by atoms with Crippen LogP contribution in [0.4, 0.5) is 4.39 Å². The minimum atomic E-state index is -0.874. The lowest BCUT2D eigenvalue weighted by Crippen LogP contribution is -2.22. The Morgan fingerprint density at radius 1 is 1.44 bits per heavy atom. The summed E-state index contributed by atoms with van der Waals surface area (Å²) in [4.78, 5) is 0. The van der Waals surface area contributed by atoms with Crippen LogP contribution >= 0.6 is 0 Å². The summed E-state index contributed by atoms with van der Waals surface area (Å²) in [6.45, 7) is 8.57. The Kier molecular flexibility index (Phi) is 3.27. The zero-order valence-electron chi connectivity index (χ0n) is 10.1. The van der Waals surface area contributed by atoms with Crippen LogP contribution in [0, 0.1) is 12.7 Å². The number of ether oxygens (including phenoxy) is 1. The van der Waals surface area contributed by atoms with Gasteiger partial charge in [0.25, 0.3) is 0 Å². The van der Waals surface area contributed by atoms with Crippen LogP contribution in [0.5, 0.6) is 5.75 Å². The van der Waals surface area contributed by atoms with Gasteiger partial charge < -0.3 is 9.84 Å². The number of aliphatic hydroxyl groups is 1. The first-order valence-corrected chi connectivity index (χ1v) is 5.04. The molecule has 16 heavy (non-hydrogen) atoms.